The molecule has 3 heteroatoms. The lowest BCUT2D eigenvalue weighted by Gasteiger charge is -2.44. The first kappa shape index (κ1) is 19.4. The molecule has 0 saturated heterocycles. The fourth-order valence-electron chi connectivity index (χ4n) is 4.63. The Balaban J connectivity index is 0.00000196. The van der Waals surface area contributed by atoms with Gasteiger partial charge in [-0.25, -0.2) is 4.57 Å². The van der Waals surface area contributed by atoms with Crippen LogP contribution in [0.25, 0.3) is 16.7 Å². The van der Waals surface area contributed by atoms with Gasteiger partial charge in [0.1, 0.15) is 5.69 Å². The van der Waals surface area contributed by atoms with Gasteiger partial charge < -0.3 is 24.0 Å². The molecule has 1 aliphatic carbocycles. The van der Waals surface area contributed by atoms with Crippen molar-refractivity contribution in [2.75, 3.05) is 0 Å². The summed E-state index contributed by atoms with van der Waals surface area (Å²) < 4.78 is 4.56. The number of benzene rings is 2. The van der Waals surface area contributed by atoms with Gasteiger partial charge in [-0.15, -0.1) is 0 Å². The summed E-state index contributed by atoms with van der Waals surface area (Å²) in [6.07, 6.45) is 2.19. The zero-order valence-electron chi connectivity index (χ0n) is 16.9. The molecule has 0 unspecified atom stereocenters. The molecule has 0 fully saturated rings. The van der Waals surface area contributed by atoms with E-state index in [2.05, 4.69) is 107 Å². The smallest absolute Gasteiger partial charge is 0.249 e. The van der Waals surface area contributed by atoms with Crippen molar-refractivity contribution in [2.45, 2.75) is 52.4 Å². The largest absolute Gasteiger partial charge is 1.00 e. The molecule has 0 atom stereocenters. The third-order valence-corrected chi connectivity index (χ3v) is 7.55. The van der Waals surface area contributed by atoms with Crippen LogP contribution in [0.4, 0.5) is 0 Å². The van der Waals surface area contributed by atoms with Crippen molar-refractivity contribution in [1.82, 2.24) is 4.57 Å². The van der Waals surface area contributed by atoms with Gasteiger partial charge in [0, 0.05) is 0 Å². The normalized spacial score (nSPS) is 19.2. The topological polar surface area (TPSA) is 8.81 Å². The number of hydrogen-bond donors (Lipinski definition) is 0. The number of rotatable bonds is 1. The van der Waals surface area contributed by atoms with Crippen molar-refractivity contribution in [3.63, 3.8) is 0 Å². The average Bonchev–Trinajstić information content (AvgIpc) is 2.94. The number of aryl methyl sites for hydroxylation is 1. The fraction of sp³-hybridized carbons (Fsp3) is 0.435. The molecule has 0 bridgehead atoms. The van der Waals surface area contributed by atoms with Gasteiger partial charge >= 0.3 is 0 Å². The number of nitrogens with zero attached hydrogens (tertiary/aromatic N) is 2. The van der Waals surface area contributed by atoms with Gasteiger partial charge in [-0.3, -0.25) is 0 Å². The van der Waals surface area contributed by atoms with Gasteiger partial charge in [-0.05, 0) is 51.6 Å². The van der Waals surface area contributed by atoms with Crippen LogP contribution in [0.3, 0.4) is 0 Å². The first-order valence-corrected chi connectivity index (χ1v) is 9.20. The van der Waals surface area contributed by atoms with E-state index in [1.807, 2.05) is 0 Å². The Kier molecular flexibility index (Phi) is 4.34. The van der Waals surface area contributed by atoms with Crippen molar-refractivity contribution in [3.05, 3.63) is 59.9 Å². The predicted octanol–water partition coefficient (Wildman–Crippen LogP) is 2.05. The van der Waals surface area contributed by atoms with Crippen molar-refractivity contribution in [2.24, 2.45) is 12.5 Å². The van der Waals surface area contributed by atoms with Crippen LogP contribution in [0.15, 0.2) is 48.8 Å². The average molecular weight is 460 g/mol. The van der Waals surface area contributed by atoms with Gasteiger partial charge in [0.2, 0.25) is 6.33 Å². The Morgan fingerprint density at radius 1 is 0.808 bits per heavy atom. The van der Waals surface area contributed by atoms with Crippen molar-refractivity contribution >= 4 is 11.0 Å². The maximum atomic E-state index is 2.44. The van der Waals surface area contributed by atoms with E-state index < -0.39 is 0 Å². The van der Waals surface area contributed by atoms with Crippen LogP contribution in [-0.4, -0.2) is 4.57 Å². The Morgan fingerprint density at radius 3 is 1.92 bits per heavy atom. The molecule has 0 radical (unpaired) electrons. The minimum atomic E-state index is 0. The highest BCUT2D eigenvalue weighted by Crippen LogP contribution is 2.61. The van der Waals surface area contributed by atoms with E-state index >= 15 is 0 Å². The number of para-hydroxylation sites is 1. The summed E-state index contributed by atoms with van der Waals surface area (Å²) in [6, 6.07) is 15.5. The van der Waals surface area contributed by atoms with Crippen LogP contribution in [0.5, 0.6) is 0 Å². The number of aromatic nitrogens is 2. The lowest BCUT2D eigenvalue weighted by atomic mass is 9.59. The van der Waals surface area contributed by atoms with Gasteiger partial charge in [-0.2, -0.15) is 4.57 Å². The molecule has 1 heterocycles. The number of fused-ring (bicyclic) bond motifs is 2. The number of hydrogen-bond acceptors (Lipinski definition) is 0. The quantitative estimate of drug-likeness (QED) is 0.389. The monoisotopic (exact) mass is 460 g/mol. The van der Waals surface area contributed by atoms with E-state index in [-0.39, 0.29) is 40.2 Å². The Hall–Kier alpha value is -1.36. The molecule has 26 heavy (non-hydrogen) atoms. The second kappa shape index (κ2) is 5.82. The number of imidazole rings is 1. The minimum absolute atomic E-state index is 0. The maximum absolute atomic E-state index is 2.44. The molecule has 3 aromatic rings. The summed E-state index contributed by atoms with van der Waals surface area (Å²) in [4.78, 5) is 0. The minimum Gasteiger partial charge on any atom is -1.00 e. The van der Waals surface area contributed by atoms with Gasteiger partial charge in [0.25, 0.3) is 0 Å². The van der Waals surface area contributed by atoms with E-state index in [0.29, 0.717) is 0 Å². The third-order valence-electron chi connectivity index (χ3n) is 7.55. The molecule has 4 rings (SSSR count). The predicted molar refractivity (Wildman–Crippen MR) is 104 cm³/mol. The molecule has 0 N–H and O–H groups in total. The molecule has 1 aromatic heterocycles. The second-order valence-corrected chi connectivity index (χ2v) is 9.19. The Morgan fingerprint density at radius 2 is 1.35 bits per heavy atom. The zero-order valence-corrected chi connectivity index (χ0v) is 19.0. The lowest BCUT2D eigenvalue weighted by Crippen LogP contribution is -3.00. The van der Waals surface area contributed by atoms with Crippen LogP contribution in [-0.2, 0) is 17.9 Å². The summed E-state index contributed by atoms with van der Waals surface area (Å²) in [6.45, 7) is 14.5. The molecule has 2 aromatic carbocycles. The molecule has 2 nitrogen and oxygen atoms in total. The second-order valence-electron chi connectivity index (χ2n) is 9.19. The van der Waals surface area contributed by atoms with E-state index in [4.69, 9.17) is 0 Å². The van der Waals surface area contributed by atoms with E-state index in [0.717, 1.165) is 0 Å². The first-order valence-electron chi connectivity index (χ1n) is 9.20. The fourth-order valence-corrected chi connectivity index (χ4v) is 4.63. The molecule has 1 aliphatic rings. The zero-order chi connectivity index (χ0) is 18.2. The van der Waals surface area contributed by atoms with Gasteiger partial charge in [0.15, 0.2) is 11.0 Å². The molecule has 0 amide bonds. The SMILES string of the molecule is C[n+]1cn(-c2ccccc2)c2cc3c(cc21)C(C)(C)C(C)(C)C3(C)C.[I-]. The summed E-state index contributed by atoms with van der Waals surface area (Å²) in [5.74, 6) is 0. The Labute approximate surface area is 174 Å². The number of halogens is 1. The van der Waals surface area contributed by atoms with Crippen LogP contribution in [0, 0.1) is 5.41 Å². The third kappa shape index (κ3) is 2.25. The highest BCUT2D eigenvalue weighted by atomic mass is 127. The summed E-state index contributed by atoms with van der Waals surface area (Å²) in [5, 5.41) is 0. The Bertz CT molecular complexity index is 978. The highest BCUT2D eigenvalue weighted by molar-refractivity contribution is 5.78. The van der Waals surface area contributed by atoms with E-state index in [9.17, 15) is 0 Å². The van der Waals surface area contributed by atoms with E-state index in [1.165, 1.54) is 27.8 Å². The summed E-state index contributed by atoms with van der Waals surface area (Å²) in [5.41, 5.74) is 7.24. The summed E-state index contributed by atoms with van der Waals surface area (Å²) in [7, 11) is 2.15. The molecular formula is C23H29IN2. The van der Waals surface area contributed by atoms with Crippen molar-refractivity contribution in [1.29, 1.82) is 0 Å². The van der Waals surface area contributed by atoms with Crippen molar-refractivity contribution in [3.8, 4) is 5.69 Å². The van der Waals surface area contributed by atoms with Crippen LogP contribution in [0.1, 0.15) is 52.7 Å². The molecule has 0 spiro atoms. The molecule has 0 aliphatic heterocycles. The van der Waals surface area contributed by atoms with Crippen LogP contribution < -0.4 is 28.5 Å². The van der Waals surface area contributed by atoms with Gasteiger partial charge in [-0.1, -0.05) is 59.7 Å². The molecule has 0 saturated carbocycles. The summed E-state index contributed by atoms with van der Waals surface area (Å²) >= 11 is 0. The van der Waals surface area contributed by atoms with Crippen LogP contribution in [0.2, 0.25) is 0 Å². The lowest BCUT2D eigenvalue weighted by molar-refractivity contribution is -0.645. The first-order chi connectivity index (χ1) is 11.6. The van der Waals surface area contributed by atoms with Crippen LogP contribution >= 0.6 is 0 Å². The molecular weight excluding hydrogens is 431 g/mol. The van der Waals surface area contributed by atoms with Gasteiger partial charge in [0.05, 0.1) is 7.05 Å². The maximum Gasteiger partial charge on any atom is 0.249 e. The highest BCUT2D eigenvalue weighted by Gasteiger charge is 2.57. The van der Waals surface area contributed by atoms with Crippen molar-refractivity contribution < 1.29 is 28.5 Å². The standard InChI is InChI=1S/C23H29N2.HI/c1-21(2)17-13-19-20(14-18(17)22(3,4)23(21,5)6)25(15-24(19)7)16-11-9-8-10-12-16;/h8-15H,1-7H3;1H/q+1;/p-1. The molecule has 138 valence electrons. The van der Waals surface area contributed by atoms with E-state index in [1.54, 1.807) is 0 Å².